The topological polar surface area (TPSA) is 36.8 Å². The minimum Gasteiger partial charge on any atom is -0.264 e. The fourth-order valence-corrected chi connectivity index (χ4v) is 2.34. The third kappa shape index (κ3) is 3.71. The maximum Gasteiger partial charge on any atom is 0.416 e. The Hall–Kier alpha value is -2.34. The molecule has 0 amide bonds. The molecule has 7 heteroatoms. The molecule has 0 aliphatic carbocycles. The van der Waals surface area contributed by atoms with Gasteiger partial charge in [0.2, 0.25) is 0 Å². The van der Waals surface area contributed by atoms with E-state index in [1.165, 1.54) is 12.1 Å². The monoisotopic (exact) mass is 337 g/mol. The van der Waals surface area contributed by atoms with Gasteiger partial charge in [0.1, 0.15) is 5.84 Å². The second kappa shape index (κ2) is 6.04. The molecule has 2 aromatic carbocycles. The van der Waals surface area contributed by atoms with Crippen molar-refractivity contribution in [1.82, 2.24) is 5.43 Å². The fraction of sp³-hybridized carbons (Fsp3) is 0.125. The summed E-state index contributed by atoms with van der Waals surface area (Å²) in [4.78, 5) is 4.27. The zero-order chi connectivity index (χ0) is 16.4. The Bertz CT molecular complexity index is 780. The summed E-state index contributed by atoms with van der Waals surface area (Å²) in [6.45, 7) is 0. The summed E-state index contributed by atoms with van der Waals surface area (Å²) in [5.74, 6) is 0.569. The molecule has 0 unspecified atom stereocenters. The van der Waals surface area contributed by atoms with Crippen molar-refractivity contribution < 1.29 is 13.2 Å². The van der Waals surface area contributed by atoms with E-state index in [9.17, 15) is 13.2 Å². The number of nitrogens with zero attached hydrogens (tertiary/aromatic N) is 2. The van der Waals surface area contributed by atoms with Gasteiger partial charge in [0.25, 0.3) is 0 Å². The van der Waals surface area contributed by atoms with Gasteiger partial charge in [-0.3, -0.25) is 5.43 Å². The standard InChI is InChI=1S/C16H11ClF3N3/c17-12-3-1-2-10(8-12)14-9-15(23-22-14)21-13-6-4-11(5-7-13)16(18,19)20/h1-8H,9H2,(H,21,23). The molecule has 118 valence electrons. The Labute approximate surface area is 135 Å². The first-order valence-electron chi connectivity index (χ1n) is 6.75. The van der Waals surface area contributed by atoms with Crippen molar-refractivity contribution in [3.05, 3.63) is 64.7 Å². The van der Waals surface area contributed by atoms with Crippen molar-refractivity contribution >= 4 is 28.8 Å². The minimum absolute atomic E-state index is 0.433. The molecular weight excluding hydrogens is 327 g/mol. The van der Waals surface area contributed by atoms with Crippen molar-refractivity contribution in [3.63, 3.8) is 0 Å². The van der Waals surface area contributed by atoms with Gasteiger partial charge in [-0.15, -0.1) is 0 Å². The van der Waals surface area contributed by atoms with E-state index in [1.54, 1.807) is 12.1 Å². The summed E-state index contributed by atoms with van der Waals surface area (Å²) in [6, 6.07) is 11.9. The van der Waals surface area contributed by atoms with Gasteiger partial charge in [0.15, 0.2) is 0 Å². The smallest absolute Gasteiger partial charge is 0.264 e. The Balaban J connectivity index is 1.74. The summed E-state index contributed by atoms with van der Waals surface area (Å²) in [5, 5.41) is 4.79. The van der Waals surface area contributed by atoms with Gasteiger partial charge < -0.3 is 0 Å². The third-order valence-electron chi connectivity index (χ3n) is 3.27. The van der Waals surface area contributed by atoms with Crippen LogP contribution in [-0.4, -0.2) is 11.5 Å². The Kier molecular flexibility index (Phi) is 4.09. The molecule has 1 aliphatic rings. The SMILES string of the molecule is FC(F)(F)c1ccc(N=C2CC(c3cccc(Cl)c3)=NN2)cc1. The first-order valence-corrected chi connectivity index (χ1v) is 7.13. The molecule has 2 aromatic rings. The van der Waals surface area contributed by atoms with Crippen LogP contribution in [0.5, 0.6) is 0 Å². The van der Waals surface area contributed by atoms with E-state index in [4.69, 9.17) is 11.6 Å². The number of alkyl halides is 3. The summed E-state index contributed by atoms with van der Waals surface area (Å²) >= 11 is 5.94. The third-order valence-corrected chi connectivity index (χ3v) is 3.51. The first-order chi connectivity index (χ1) is 10.9. The Morgan fingerprint density at radius 1 is 1.09 bits per heavy atom. The van der Waals surface area contributed by atoms with Crippen molar-refractivity contribution in [1.29, 1.82) is 0 Å². The minimum atomic E-state index is -4.35. The van der Waals surface area contributed by atoms with Crippen LogP contribution in [0.15, 0.2) is 58.6 Å². The van der Waals surface area contributed by atoms with Gasteiger partial charge >= 0.3 is 6.18 Å². The second-order valence-corrected chi connectivity index (χ2v) is 5.40. The van der Waals surface area contributed by atoms with Gasteiger partial charge in [0, 0.05) is 5.02 Å². The molecule has 0 aromatic heterocycles. The number of halogens is 4. The summed E-state index contributed by atoms with van der Waals surface area (Å²) < 4.78 is 37.6. The zero-order valence-electron chi connectivity index (χ0n) is 11.7. The van der Waals surface area contributed by atoms with Crippen molar-refractivity contribution in [2.45, 2.75) is 12.6 Å². The van der Waals surface area contributed by atoms with Crippen LogP contribution >= 0.6 is 11.6 Å². The molecule has 23 heavy (non-hydrogen) atoms. The molecule has 3 rings (SSSR count). The molecule has 0 fully saturated rings. The molecular formula is C16H11ClF3N3. The van der Waals surface area contributed by atoms with E-state index >= 15 is 0 Å². The van der Waals surface area contributed by atoms with Crippen molar-refractivity contribution in [3.8, 4) is 0 Å². The lowest BCUT2D eigenvalue weighted by Gasteiger charge is -2.06. The Morgan fingerprint density at radius 2 is 1.83 bits per heavy atom. The number of nitrogens with one attached hydrogen (secondary N) is 1. The molecule has 0 spiro atoms. The average Bonchev–Trinajstić information content (AvgIpc) is 2.95. The highest BCUT2D eigenvalue weighted by atomic mass is 35.5. The van der Waals surface area contributed by atoms with Crippen LogP contribution in [0.1, 0.15) is 17.5 Å². The number of hydrogen-bond donors (Lipinski definition) is 1. The molecule has 0 bridgehead atoms. The highest BCUT2D eigenvalue weighted by molar-refractivity contribution is 6.31. The predicted molar refractivity (Wildman–Crippen MR) is 84.3 cm³/mol. The van der Waals surface area contributed by atoms with Crippen LogP contribution in [-0.2, 0) is 6.18 Å². The highest BCUT2D eigenvalue weighted by Crippen LogP contribution is 2.30. The van der Waals surface area contributed by atoms with Crippen molar-refractivity contribution in [2.75, 3.05) is 0 Å². The summed E-state index contributed by atoms with van der Waals surface area (Å²) in [5.41, 5.74) is 4.18. The number of hydrogen-bond acceptors (Lipinski definition) is 2. The molecule has 1 N–H and O–H groups in total. The fourth-order valence-electron chi connectivity index (χ4n) is 2.15. The molecule has 0 atom stereocenters. The number of rotatable bonds is 2. The largest absolute Gasteiger partial charge is 0.416 e. The number of benzene rings is 2. The van der Waals surface area contributed by atoms with E-state index in [0.29, 0.717) is 23.0 Å². The highest BCUT2D eigenvalue weighted by Gasteiger charge is 2.29. The number of hydrazone groups is 1. The van der Waals surface area contributed by atoms with Gasteiger partial charge in [-0.25, -0.2) is 4.99 Å². The molecule has 1 heterocycles. The predicted octanol–water partition coefficient (Wildman–Crippen LogP) is 4.79. The van der Waals surface area contributed by atoms with Crippen LogP contribution in [0, 0.1) is 0 Å². The van der Waals surface area contributed by atoms with E-state index in [-0.39, 0.29) is 0 Å². The molecule has 0 saturated heterocycles. The zero-order valence-corrected chi connectivity index (χ0v) is 12.5. The van der Waals surface area contributed by atoms with Crippen LogP contribution in [0.2, 0.25) is 5.02 Å². The number of amidine groups is 1. The van der Waals surface area contributed by atoms with E-state index in [0.717, 1.165) is 23.4 Å². The lowest BCUT2D eigenvalue weighted by Crippen LogP contribution is -2.10. The van der Waals surface area contributed by atoms with Crippen LogP contribution in [0.25, 0.3) is 0 Å². The lowest BCUT2D eigenvalue weighted by molar-refractivity contribution is -0.137. The van der Waals surface area contributed by atoms with Crippen molar-refractivity contribution in [2.24, 2.45) is 10.1 Å². The second-order valence-electron chi connectivity index (χ2n) is 4.96. The van der Waals surface area contributed by atoms with Crippen LogP contribution in [0.3, 0.4) is 0 Å². The van der Waals surface area contributed by atoms with Gasteiger partial charge in [-0.1, -0.05) is 23.7 Å². The quantitative estimate of drug-likeness (QED) is 0.840. The van der Waals surface area contributed by atoms with Gasteiger partial charge in [-0.05, 0) is 42.0 Å². The molecule has 1 aliphatic heterocycles. The average molecular weight is 338 g/mol. The summed E-state index contributed by atoms with van der Waals surface area (Å²) in [6.07, 6.45) is -3.89. The molecule has 3 nitrogen and oxygen atoms in total. The number of aliphatic imine (C=N–C) groups is 1. The van der Waals surface area contributed by atoms with Gasteiger partial charge in [0.05, 0.1) is 23.4 Å². The Morgan fingerprint density at radius 3 is 2.48 bits per heavy atom. The first kappa shape index (κ1) is 15.6. The lowest BCUT2D eigenvalue weighted by atomic mass is 10.1. The van der Waals surface area contributed by atoms with E-state index < -0.39 is 11.7 Å². The van der Waals surface area contributed by atoms with Crippen LogP contribution < -0.4 is 5.43 Å². The maximum atomic E-state index is 12.5. The molecule has 0 radical (unpaired) electrons. The summed E-state index contributed by atoms with van der Waals surface area (Å²) in [7, 11) is 0. The normalized spacial score (nSPS) is 16.3. The van der Waals surface area contributed by atoms with Crippen LogP contribution in [0.4, 0.5) is 18.9 Å². The maximum absolute atomic E-state index is 12.5. The van der Waals surface area contributed by atoms with E-state index in [1.807, 2.05) is 12.1 Å². The molecule has 0 saturated carbocycles. The van der Waals surface area contributed by atoms with Gasteiger partial charge in [-0.2, -0.15) is 18.3 Å². The van der Waals surface area contributed by atoms with E-state index in [2.05, 4.69) is 15.5 Å².